The molecule has 0 aliphatic rings. The Morgan fingerprint density at radius 2 is 1.00 bits per heavy atom. The van der Waals surface area contributed by atoms with Crippen molar-refractivity contribution < 1.29 is 13.2 Å². The second-order valence-corrected chi connectivity index (χ2v) is 6.32. The lowest BCUT2D eigenvalue weighted by atomic mass is 9.91. The van der Waals surface area contributed by atoms with Gasteiger partial charge in [0.05, 0.1) is 5.52 Å². The third-order valence-corrected chi connectivity index (χ3v) is 4.84. The SMILES string of the molecule is FC(F)(F)c1nc2ccccc2c2c3ccccc3c3ccccc3c12. The smallest absolute Gasteiger partial charge is 0.243 e. The molecule has 5 rings (SSSR count). The van der Waals surface area contributed by atoms with E-state index in [-0.39, 0.29) is 5.39 Å². The summed E-state index contributed by atoms with van der Waals surface area (Å²) in [6.07, 6.45) is -4.53. The third-order valence-electron chi connectivity index (χ3n) is 4.84. The highest BCUT2D eigenvalue weighted by Crippen LogP contribution is 2.43. The topological polar surface area (TPSA) is 12.9 Å². The standard InChI is InChI=1S/C22H12F3N/c23-22(24,25)21-20-16-10-4-2-8-14(16)13-7-1-3-9-15(13)19(20)17-11-5-6-12-18(17)26-21/h1-12H. The first-order valence-corrected chi connectivity index (χ1v) is 8.25. The number of hydrogen-bond donors (Lipinski definition) is 0. The van der Waals surface area contributed by atoms with Gasteiger partial charge in [-0.05, 0) is 27.6 Å². The fourth-order valence-electron chi connectivity index (χ4n) is 3.83. The zero-order chi connectivity index (χ0) is 17.9. The molecule has 0 N–H and O–H groups in total. The Hall–Kier alpha value is -3.14. The van der Waals surface area contributed by atoms with Gasteiger partial charge in [-0.3, -0.25) is 0 Å². The average molecular weight is 347 g/mol. The molecule has 0 unspecified atom stereocenters. The Morgan fingerprint density at radius 3 is 1.58 bits per heavy atom. The maximum absolute atomic E-state index is 13.9. The molecular weight excluding hydrogens is 335 g/mol. The molecule has 0 saturated heterocycles. The van der Waals surface area contributed by atoms with Crippen molar-refractivity contribution in [3.8, 4) is 0 Å². The van der Waals surface area contributed by atoms with Gasteiger partial charge in [0.1, 0.15) is 0 Å². The van der Waals surface area contributed by atoms with E-state index in [2.05, 4.69) is 4.98 Å². The van der Waals surface area contributed by atoms with Gasteiger partial charge in [-0.1, -0.05) is 66.7 Å². The van der Waals surface area contributed by atoms with E-state index in [1.807, 2.05) is 48.5 Å². The third kappa shape index (κ3) is 2.02. The fourth-order valence-corrected chi connectivity index (χ4v) is 3.83. The molecule has 0 saturated carbocycles. The van der Waals surface area contributed by atoms with Crippen molar-refractivity contribution in [2.75, 3.05) is 0 Å². The van der Waals surface area contributed by atoms with Gasteiger partial charge < -0.3 is 0 Å². The van der Waals surface area contributed by atoms with Crippen LogP contribution in [-0.2, 0) is 6.18 Å². The average Bonchev–Trinajstić information content (AvgIpc) is 2.66. The molecule has 0 atom stereocenters. The number of para-hydroxylation sites is 1. The molecule has 0 fully saturated rings. The number of hydrogen-bond acceptors (Lipinski definition) is 1. The highest BCUT2D eigenvalue weighted by molar-refractivity contribution is 6.31. The minimum absolute atomic E-state index is 0.172. The molecule has 0 spiro atoms. The molecule has 4 heteroatoms. The Kier molecular flexibility index (Phi) is 3.02. The van der Waals surface area contributed by atoms with Crippen molar-refractivity contribution >= 4 is 43.2 Å². The van der Waals surface area contributed by atoms with E-state index in [1.165, 1.54) is 0 Å². The number of aromatic nitrogens is 1. The van der Waals surface area contributed by atoms with E-state index in [1.54, 1.807) is 24.3 Å². The number of halogens is 3. The van der Waals surface area contributed by atoms with Gasteiger partial charge in [0, 0.05) is 16.2 Å². The molecule has 0 radical (unpaired) electrons. The zero-order valence-electron chi connectivity index (χ0n) is 13.5. The van der Waals surface area contributed by atoms with Crippen LogP contribution >= 0.6 is 0 Å². The summed E-state index contributed by atoms with van der Waals surface area (Å²) in [4.78, 5) is 4.01. The Balaban J connectivity index is 2.24. The van der Waals surface area contributed by atoms with Crippen LogP contribution < -0.4 is 0 Å². The maximum atomic E-state index is 13.9. The lowest BCUT2D eigenvalue weighted by Crippen LogP contribution is -2.09. The van der Waals surface area contributed by atoms with Crippen LogP contribution in [0.15, 0.2) is 72.8 Å². The molecule has 1 heterocycles. The van der Waals surface area contributed by atoms with Crippen molar-refractivity contribution in [3.05, 3.63) is 78.5 Å². The van der Waals surface area contributed by atoms with Gasteiger partial charge in [-0.15, -0.1) is 0 Å². The van der Waals surface area contributed by atoms with E-state index in [4.69, 9.17) is 0 Å². The molecule has 0 bridgehead atoms. The number of alkyl halides is 3. The summed E-state index contributed by atoms with van der Waals surface area (Å²) in [6, 6.07) is 21.9. The van der Waals surface area contributed by atoms with Gasteiger partial charge >= 0.3 is 6.18 Å². The first-order valence-electron chi connectivity index (χ1n) is 8.25. The van der Waals surface area contributed by atoms with Crippen LogP contribution in [0.4, 0.5) is 13.2 Å². The fraction of sp³-hybridized carbons (Fsp3) is 0.0455. The minimum atomic E-state index is -4.53. The van der Waals surface area contributed by atoms with E-state index in [9.17, 15) is 13.2 Å². The van der Waals surface area contributed by atoms with E-state index in [0.29, 0.717) is 16.3 Å². The van der Waals surface area contributed by atoms with Gasteiger partial charge in [0.15, 0.2) is 5.69 Å². The van der Waals surface area contributed by atoms with Crippen molar-refractivity contribution in [2.24, 2.45) is 0 Å². The summed E-state index contributed by atoms with van der Waals surface area (Å²) >= 11 is 0. The van der Waals surface area contributed by atoms with Crippen molar-refractivity contribution in [1.82, 2.24) is 4.98 Å². The number of pyridine rings is 1. The molecule has 0 aliphatic heterocycles. The molecule has 1 nitrogen and oxygen atoms in total. The van der Waals surface area contributed by atoms with Crippen LogP contribution in [0, 0.1) is 0 Å². The van der Waals surface area contributed by atoms with Crippen molar-refractivity contribution in [3.63, 3.8) is 0 Å². The first-order chi connectivity index (χ1) is 12.6. The number of nitrogens with zero attached hydrogens (tertiary/aromatic N) is 1. The molecule has 0 amide bonds. The molecule has 1 aromatic heterocycles. The number of benzene rings is 4. The summed E-state index contributed by atoms with van der Waals surface area (Å²) in [7, 11) is 0. The van der Waals surface area contributed by atoms with Crippen molar-refractivity contribution in [1.29, 1.82) is 0 Å². The molecule has 5 aromatic rings. The zero-order valence-corrected chi connectivity index (χ0v) is 13.5. The lowest BCUT2D eigenvalue weighted by Gasteiger charge is -2.17. The quantitative estimate of drug-likeness (QED) is 0.284. The van der Waals surface area contributed by atoms with Crippen LogP contribution in [0.2, 0.25) is 0 Å². The minimum Gasteiger partial charge on any atom is -0.243 e. The highest BCUT2D eigenvalue weighted by atomic mass is 19.4. The van der Waals surface area contributed by atoms with Crippen molar-refractivity contribution in [2.45, 2.75) is 6.18 Å². The summed E-state index contributed by atoms with van der Waals surface area (Å²) in [6.45, 7) is 0. The predicted octanol–water partition coefficient (Wildman–Crippen LogP) is 6.71. The van der Waals surface area contributed by atoms with Gasteiger partial charge in [-0.25, -0.2) is 4.98 Å². The van der Waals surface area contributed by atoms with Gasteiger partial charge in [0.2, 0.25) is 0 Å². The summed E-state index contributed by atoms with van der Waals surface area (Å²) < 4.78 is 41.7. The van der Waals surface area contributed by atoms with Crippen LogP contribution in [0.25, 0.3) is 43.2 Å². The first kappa shape index (κ1) is 15.1. The largest absolute Gasteiger partial charge is 0.434 e. The van der Waals surface area contributed by atoms with Crippen LogP contribution in [0.5, 0.6) is 0 Å². The summed E-state index contributed by atoms with van der Waals surface area (Å²) in [5.74, 6) is 0. The molecule has 26 heavy (non-hydrogen) atoms. The van der Waals surface area contributed by atoms with E-state index >= 15 is 0 Å². The summed E-state index contributed by atoms with van der Waals surface area (Å²) in [5.41, 5.74) is -0.471. The van der Waals surface area contributed by atoms with Gasteiger partial charge in [0.25, 0.3) is 0 Å². The van der Waals surface area contributed by atoms with Crippen LogP contribution in [-0.4, -0.2) is 4.98 Å². The van der Waals surface area contributed by atoms with Crippen LogP contribution in [0.3, 0.4) is 0 Å². The second-order valence-electron chi connectivity index (χ2n) is 6.32. The van der Waals surface area contributed by atoms with Crippen LogP contribution in [0.1, 0.15) is 5.69 Å². The molecule has 4 aromatic carbocycles. The molecule has 126 valence electrons. The molecule has 0 aliphatic carbocycles. The Labute approximate surface area is 146 Å². The Bertz CT molecular complexity index is 1320. The second kappa shape index (κ2) is 5.18. The monoisotopic (exact) mass is 347 g/mol. The van der Waals surface area contributed by atoms with Gasteiger partial charge in [-0.2, -0.15) is 13.2 Å². The number of fused-ring (bicyclic) bond motifs is 8. The number of rotatable bonds is 0. The maximum Gasteiger partial charge on any atom is 0.434 e. The van der Waals surface area contributed by atoms with E-state index < -0.39 is 11.9 Å². The normalized spacial score (nSPS) is 12.4. The van der Waals surface area contributed by atoms with E-state index in [0.717, 1.165) is 21.5 Å². The lowest BCUT2D eigenvalue weighted by molar-refractivity contribution is -0.139. The summed E-state index contributed by atoms with van der Waals surface area (Å²) in [5, 5.41) is 4.65. The highest BCUT2D eigenvalue weighted by Gasteiger charge is 2.36. The Morgan fingerprint density at radius 1 is 0.538 bits per heavy atom. The molecular formula is C22H12F3N. The predicted molar refractivity (Wildman–Crippen MR) is 99.3 cm³/mol.